The van der Waals surface area contributed by atoms with Crippen LogP contribution in [-0.4, -0.2) is 31.1 Å². The quantitative estimate of drug-likeness (QED) is 0.351. The molecule has 0 aliphatic heterocycles. The number of alkyl halides is 3. The molecule has 0 unspecified atom stereocenters. The number of rotatable bonds is 6. The summed E-state index contributed by atoms with van der Waals surface area (Å²) in [5.74, 6) is -0.550. The third kappa shape index (κ3) is 5.40. The van der Waals surface area contributed by atoms with E-state index in [0.29, 0.717) is 0 Å². The molecule has 0 heterocycles. The van der Waals surface area contributed by atoms with Gasteiger partial charge in [0.15, 0.2) is 4.90 Å². The van der Waals surface area contributed by atoms with Crippen LogP contribution in [0.3, 0.4) is 0 Å². The minimum absolute atomic E-state index is 0.00623. The van der Waals surface area contributed by atoms with Crippen molar-refractivity contribution in [2.45, 2.75) is 10.4 Å². The summed E-state index contributed by atoms with van der Waals surface area (Å²) in [6.45, 7) is -0.520. The molecule has 0 spiro atoms. The number of thioether (sulfide) groups is 1. The highest BCUT2D eigenvalue weighted by Crippen LogP contribution is 2.30. The number of nitro benzene ring substituents is 1. The smallest absolute Gasteiger partial charge is 0.399 e. The molecule has 0 bridgehead atoms. The van der Waals surface area contributed by atoms with Gasteiger partial charge < -0.3 is 5.73 Å². The van der Waals surface area contributed by atoms with E-state index < -0.39 is 55.1 Å². The van der Waals surface area contributed by atoms with Crippen LogP contribution in [0.15, 0.2) is 23.1 Å². The highest BCUT2D eigenvalue weighted by Gasteiger charge is 2.29. The van der Waals surface area contributed by atoms with Crippen LogP contribution in [0.1, 0.15) is 0 Å². The summed E-state index contributed by atoms with van der Waals surface area (Å²) in [6.07, 6.45) is 0. The summed E-state index contributed by atoms with van der Waals surface area (Å²) in [4.78, 5) is 9.20. The molecular formula is C9H10F3N3O4S2. The lowest BCUT2D eigenvalue weighted by Gasteiger charge is -2.08. The molecule has 1 aromatic carbocycles. The van der Waals surface area contributed by atoms with Crippen LogP contribution in [0.5, 0.6) is 0 Å². The summed E-state index contributed by atoms with van der Waals surface area (Å²) in [6, 6.07) is 2.93. The maximum absolute atomic E-state index is 11.9. The predicted octanol–water partition coefficient (Wildman–Crippen LogP) is 1.71. The van der Waals surface area contributed by atoms with E-state index in [9.17, 15) is 31.7 Å². The molecule has 3 N–H and O–H groups in total. The topological polar surface area (TPSA) is 115 Å². The Kier molecular flexibility index (Phi) is 5.42. The predicted molar refractivity (Wildman–Crippen MR) is 71.2 cm³/mol. The molecule has 0 saturated carbocycles. The number of hydrogen-bond acceptors (Lipinski definition) is 6. The molecule has 0 radical (unpaired) electrons. The van der Waals surface area contributed by atoms with Crippen molar-refractivity contribution in [2.24, 2.45) is 0 Å². The Morgan fingerprint density at radius 2 is 2.00 bits per heavy atom. The number of hydrogen-bond donors (Lipinski definition) is 2. The van der Waals surface area contributed by atoms with Crippen molar-refractivity contribution in [3.63, 3.8) is 0 Å². The Balaban J connectivity index is 2.86. The van der Waals surface area contributed by atoms with Crippen LogP contribution >= 0.6 is 11.8 Å². The first kappa shape index (κ1) is 17.5. The Morgan fingerprint density at radius 3 is 2.52 bits per heavy atom. The highest BCUT2D eigenvalue weighted by atomic mass is 32.2. The minimum atomic E-state index is -4.47. The Morgan fingerprint density at radius 1 is 1.38 bits per heavy atom. The molecule has 1 rings (SSSR count). The second-order valence-electron chi connectivity index (χ2n) is 3.68. The molecule has 21 heavy (non-hydrogen) atoms. The van der Waals surface area contributed by atoms with Crippen LogP contribution in [0.25, 0.3) is 0 Å². The molecule has 0 atom stereocenters. The molecule has 1 aromatic rings. The second kappa shape index (κ2) is 6.49. The zero-order valence-electron chi connectivity index (χ0n) is 10.3. The van der Waals surface area contributed by atoms with Gasteiger partial charge in [-0.2, -0.15) is 13.2 Å². The zero-order valence-corrected chi connectivity index (χ0v) is 11.9. The maximum Gasteiger partial charge on any atom is 0.441 e. The number of benzene rings is 1. The molecule has 7 nitrogen and oxygen atoms in total. The highest BCUT2D eigenvalue weighted by molar-refractivity contribution is 8.00. The third-order valence-electron chi connectivity index (χ3n) is 2.13. The average molecular weight is 345 g/mol. The largest absolute Gasteiger partial charge is 0.441 e. The van der Waals surface area contributed by atoms with Crippen LogP contribution in [0.4, 0.5) is 24.5 Å². The van der Waals surface area contributed by atoms with Crippen molar-refractivity contribution in [1.29, 1.82) is 0 Å². The van der Waals surface area contributed by atoms with Crippen LogP contribution in [0.2, 0.25) is 0 Å². The first-order valence-electron chi connectivity index (χ1n) is 5.27. The minimum Gasteiger partial charge on any atom is -0.399 e. The molecule has 0 aliphatic rings. The van der Waals surface area contributed by atoms with E-state index in [2.05, 4.69) is 0 Å². The van der Waals surface area contributed by atoms with Gasteiger partial charge >= 0.3 is 5.51 Å². The molecule has 12 heteroatoms. The van der Waals surface area contributed by atoms with E-state index >= 15 is 0 Å². The summed E-state index contributed by atoms with van der Waals surface area (Å²) in [5, 5.41) is 10.8. The van der Waals surface area contributed by atoms with Gasteiger partial charge in [0.2, 0.25) is 10.0 Å². The first-order chi connectivity index (χ1) is 9.53. The number of sulfonamides is 1. The monoisotopic (exact) mass is 345 g/mol. The number of nitrogens with two attached hydrogens (primary N) is 1. The fourth-order valence-electron chi connectivity index (χ4n) is 1.32. The lowest BCUT2D eigenvalue weighted by molar-refractivity contribution is -0.387. The fraction of sp³-hybridized carbons (Fsp3) is 0.333. The number of nitrogens with one attached hydrogen (secondary N) is 1. The van der Waals surface area contributed by atoms with Crippen molar-refractivity contribution in [3.05, 3.63) is 28.3 Å². The van der Waals surface area contributed by atoms with Gasteiger partial charge in [0.25, 0.3) is 5.69 Å². The van der Waals surface area contributed by atoms with Gasteiger partial charge in [-0.05, 0) is 23.9 Å². The number of nitro groups is 1. The van der Waals surface area contributed by atoms with Gasteiger partial charge in [-0.1, -0.05) is 0 Å². The van der Waals surface area contributed by atoms with Crippen LogP contribution < -0.4 is 10.5 Å². The first-order valence-corrected chi connectivity index (χ1v) is 7.74. The summed E-state index contributed by atoms with van der Waals surface area (Å²) in [5.41, 5.74) is 0.106. The van der Waals surface area contributed by atoms with E-state index in [-0.39, 0.29) is 5.69 Å². The molecule has 0 saturated heterocycles. The van der Waals surface area contributed by atoms with Gasteiger partial charge in [0.05, 0.1) is 4.92 Å². The molecule has 0 fully saturated rings. The van der Waals surface area contributed by atoms with Crippen LogP contribution in [0, 0.1) is 10.1 Å². The lowest BCUT2D eigenvalue weighted by atomic mass is 10.3. The van der Waals surface area contributed by atoms with Gasteiger partial charge in [0.1, 0.15) is 0 Å². The Bertz CT molecular complexity index is 634. The Labute approximate surface area is 121 Å². The molecule has 0 aromatic heterocycles. The summed E-state index contributed by atoms with van der Waals surface area (Å²) in [7, 11) is -4.30. The van der Waals surface area contributed by atoms with E-state index in [1.54, 1.807) is 0 Å². The van der Waals surface area contributed by atoms with E-state index in [1.165, 1.54) is 0 Å². The molecule has 0 amide bonds. The van der Waals surface area contributed by atoms with E-state index in [4.69, 9.17) is 5.73 Å². The van der Waals surface area contributed by atoms with Crippen molar-refractivity contribution in [2.75, 3.05) is 18.0 Å². The van der Waals surface area contributed by atoms with Crippen molar-refractivity contribution < 1.29 is 26.5 Å². The SMILES string of the molecule is Nc1ccc(S(=O)(=O)NCCSC(F)(F)F)c([N+](=O)[O-])c1. The summed E-state index contributed by atoms with van der Waals surface area (Å²) < 4.78 is 61.2. The van der Waals surface area contributed by atoms with Crippen molar-refractivity contribution in [1.82, 2.24) is 4.72 Å². The van der Waals surface area contributed by atoms with Crippen molar-refractivity contribution >= 4 is 33.2 Å². The van der Waals surface area contributed by atoms with Gasteiger partial charge in [-0.3, -0.25) is 10.1 Å². The number of anilines is 1. The van der Waals surface area contributed by atoms with Crippen LogP contribution in [-0.2, 0) is 10.0 Å². The normalized spacial score (nSPS) is 12.3. The summed E-state index contributed by atoms with van der Waals surface area (Å²) >= 11 is -0.398. The third-order valence-corrected chi connectivity index (χ3v) is 4.37. The Hall–Kier alpha value is -1.53. The van der Waals surface area contributed by atoms with Gasteiger partial charge in [-0.25, -0.2) is 13.1 Å². The van der Waals surface area contributed by atoms with Crippen molar-refractivity contribution in [3.8, 4) is 0 Å². The zero-order chi connectivity index (χ0) is 16.3. The molecular weight excluding hydrogens is 335 g/mol. The molecule has 118 valence electrons. The second-order valence-corrected chi connectivity index (χ2v) is 6.57. The fourth-order valence-corrected chi connectivity index (χ4v) is 3.07. The van der Waals surface area contributed by atoms with E-state index in [0.717, 1.165) is 18.2 Å². The number of nitrogen functional groups attached to an aromatic ring is 1. The molecule has 0 aliphatic carbocycles. The van der Waals surface area contributed by atoms with Gasteiger partial charge in [0, 0.05) is 24.1 Å². The van der Waals surface area contributed by atoms with E-state index in [1.807, 2.05) is 4.72 Å². The number of nitrogens with zero attached hydrogens (tertiary/aromatic N) is 1. The maximum atomic E-state index is 11.9. The number of halogens is 3. The average Bonchev–Trinajstić information content (AvgIpc) is 2.33. The van der Waals surface area contributed by atoms with Gasteiger partial charge in [-0.15, -0.1) is 0 Å². The lowest BCUT2D eigenvalue weighted by Crippen LogP contribution is -2.27. The standard InChI is InChI=1S/C9H10F3N3O4S2/c10-9(11,12)20-4-3-14-21(18,19)8-2-1-6(13)5-7(8)15(16)17/h1-2,5,14H,3-4,13H2.